The largest absolute Gasteiger partial charge is 1.00 e. The fourth-order valence-electron chi connectivity index (χ4n) is 0.358. The second kappa shape index (κ2) is 9.53. The summed E-state index contributed by atoms with van der Waals surface area (Å²) in [6, 6.07) is 3.64. The van der Waals surface area contributed by atoms with Gasteiger partial charge in [0.15, 0.2) is 6.29 Å². The summed E-state index contributed by atoms with van der Waals surface area (Å²) in [4.78, 5) is 10.7. The Hall–Kier alpha value is 0.440. The molecule has 0 bridgehead atoms. The molecule has 7 heteroatoms. The smallest absolute Gasteiger partial charge is 0.750 e. The van der Waals surface area contributed by atoms with E-state index >= 15 is 0 Å². The van der Waals surface area contributed by atoms with Crippen LogP contribution >= 0.6 is 11.3 Å². The molecule has 0 radical (unpaired) electrons. The van der Waals surface area contributed by atoms with E-state index in [4.69, 9.17) is 13.3 Å². The van der Waals surface area contributed by atoms with Crippen molar-refractivity contribution in [3.63, 3.8) is 0 Å². The average molecular weight is 216 g/mol. The SMILES string of the molecule is O=Cc1cccs1.O=S([O-])O.[Na+]. The van der Waals surface area contributed by atoms with E-state index in [0.717, 1.165) is 11.2 Å². The van der Waals surface area contributed by atoms with Gasteiger partial charge in [-0.05, 0) is 11.4 Å². The molecule has 1 atom stereocenters. The van der Waals surface area contributed by atoms with Gasteiger partial charge in [-0.1, -0.05) is 6.07 Å². The van der Waals surface area contributed by atoms with Crippen LogP contribution in [0.15, 0.2) is 17.5 Å². The monoisotopic (exact) mass is 216 g/mol. The molecule has 4 nitrogen and oxygen atoms in total. The minimum Gasteiger partial charge on any atom is -0.750 e. The Kier molecular flexibility index (Phi) is 11.9. The van der Waals surface area contributed by atoms with Crippen molar-refractivity contribution in [2.45, 2.75) is 0 Å². The van der Waals surface area contributed by atoms with Gasteiger partial charge in [0.05, 0.1) is 16.2 Å². The van der Waals surface area contributed by atoms with Gasteiger partial charge in [-0.15, -0.1) is 11.3 Å². The first kappa shape index (κ1) is 14.9. The van der Waals surface area contributed by atoms with Crippen molar-refractivity contribution in [2.24, 2.45) is 0 Å². The molecule has 62 valence electrons. The molecule has 0 spiro atoms. The molecule has 1 unspecified atom stereocenters. The summed E-state index contributed by atoms with van der Waals surface area (Å²) in [6.07, 6.45) is 0.852. The van der Waals surface area contributed by atoms with E-state index in [2.05, 4.69) is 0 Å². The Balaban J connectivity index is 0. The molecule has 1 rings (SSSR count). The van der Waals surface area contributed by atoms with Crippen LogP contribution < -0.4 is 29.6 Å². The third-order valence-electron chi connectivity index (χ3n) is 0.659. The van der Waals surface area contributed by atoms with Crippen LogP contribution in [0.4, 0.5) is 0 Å². The van der Waals surface area contributed by atoms with Crippen LogP contribution in [0, 0.1) is 0 Å². The van der Waals surface area contributed by atoms with Crippen molar-refractivity contribution in [1.29, 1.82) is 0 Å². The van der Waals surface area contributed by atoms with Crippen LogP contribution in [0.1, 0.15) is 9.67 Å². The van der Waals surface area contributed by atoms with Gasteiger partial charge in [0.25, 0.3) is 0 Å². The molecule has 0 saturated carbocycles. The zero-order valence-corrected chi connectivity index (χ0v) is 9.93. The Labute approximate surface area is 98.4 Å². The number of aldehydes is 1. The van der Waals surface area contributed by atoms with E-state index in [9.17, 15) is 4.79 Å². The predicted octanol–water partition coefficient (Wildman–Crippen LogP) is -2.10. The summed E-state index contributed by atoms with van der Waals surface area (Å²) in [5.74, 6) is 0. The van der Waals surface area contributed by atoms with Gasteiger partial charge in [-0.2, -0.15) is 0 Å². The van der Waals surface area contributed by atoms with E-state index in [-0.39, 0.29) is 29.6 Å². The van der Waals surface area contributed by atoms with Crippen molar-refractivity contribution < 1.29 is 47.7 Å². The third-order valence-corrected chi connectivity index (χ3v) is 1.46. The molecule has 1 aromatic rings. The summed E-state index contributed by atoms with van der Waals surface area (Å²) in [7, 11) is 0. The molecule has 0 fully saturated rings. The summed E-state index contributed by atoms with van der Waals surface area (Å²) in [6.45, 7) is 0. The molecular formula is C5H5NaO4S2. The molecule has 0 aliphatic heterocycles. The maximum Gasteiger partial charge on any atom is 1.00 e. The fourth-order valence-corrected chi connectivity index (χ4v) is 0.885. The molecule has 1 aromatic heterocycles. The third kappa shape index (κ3) is 10.4. The number of hydrogen-bond donors (Lipinski definition) is 1. The van der Waals surface area contributed by atoms with E-state index < -0.39 is 11.4 Å². The zero-order valence-electron chi connectivity index (χ0n) is 6.30. The average Bonchev–Trinajstić information content (AvgIpc) is 2.36. The first-order valence-electron chi connectivity index (χ1n) is 2.44. The van der Waals surface area contributed by atoms with Crippen molar-refractivity contribution in [2.75, 3.05) is 0 Å². The van der Waals surface area contributed by atoms with Gasteiger partial charge in [0.2, 0.25) is 0 Å². The summed E-state index contributed by atoms with van der Waals surface area (Å²) in [5, 5.41) is 1.88. The van der Waals surface area contributed by atoms with Gasteiger partial charge in [0.1, 0.15) is 0 Å². The first-order chi connectivity index (χ1) is 5.16. The number of carbonyl (C=O) groups is 1. The molecule has 0 aromatic carbocycles. The van der Waals surface area contributed by atoms with Gasteiger partial charge >= 0.3 is 29.6 Å². The molecule has 12 heavy (non-hydrogen) atoms. The molecule has 0 saturated heterocycles. The van der Waals surface area contributed by atoms with Crippen LogP contribution in [0.3, 0.4) is 0 Å². The maximum absolute atomic E-state index is 9.88. The molecule has 0 aliphatic carbocycles. The Bertz CT molecular complexity index is 219. The van der Waals surface area contributed by atoms with Crippen molar-refractivity contribution >= 4 is 29.0 Å². The molecule has 1 heterocycles. The minimum atomic E-state index is -2.86. The molecule has 0 aliphatic rings. The van der Waals surface area contributed by atoms with E-state index in [0.29, 0.717) is 0 Å². The van der Waals surface area contributed by atoms with Crippen LogP contribution in [-0.2, 0) is 11.4 Å². The number of thiophene rings is 1. The quantitative estimate of drug-likeness (QED) is 0.331. The van der Waals surface area contributed by atoms with Crippen molar-refractivity contribution in [3.8, 4) is 0 Å². The number of hydrogen-bond acceptors (Lipinski definition) is 4. The summed E-state index contributed by atoms with van der Waals surface area (Å²) >= 11 is -1.41. The Morgan fingerprint density at radius 2 is 2.17 bits per heavy atom. The molecule has 0 amide bonds. The van der Waals surface area contributed by atoms with Crippen molar-refractivity contribution in [1.82, 2.24) is 0 Å². The normalized spacial score (nSPS) is 10.2. The van der Waals surface area contributed by atoms with Gasteiger partial charge < -0.3 is 9.11 Å². The standard InChI is InChI=1S/C5H4OS.Na.H2O3S/c6-4-5-2-1-3-7-5;;1-4(2)3/h1-4H;;(H2,1,2,3)/q;+1;/p-1. The summed E-state index contributed by atoms with van der Waals surface area (Å²) < 4.78 is 24.1. The number of rotatable bonds is 1. The van der Waals surface area contributed by atoms with Crippen molar-refractivity contribution in [3.05, 3.63) is 22.4 Å². The zero-order chi connectivity index (χ0) is 8.69. The maximum atomic E-state index is 9.88. The van der Waals surface area contributed by atoms with Crippen LogP contribution in [-0.4, -0.2) is 19.6 Å². The van der Waals surface area contributed by atoms with E-state index in [1.165, 1.54) is 11.3 Å². The molecule has 1 N–H and O–H groups in total. The van der Waals surface area contributed by atoms with E-state index in [1.807, 2.05) is 11.4 Å². The van der Waals surface area contributed by atoms with Crippen LogP contribution in [0.25, 0.3) is 0 Å². The van der Waals surface area contributed by atoms with Gasteiger partial charge in [0, 0.05) is 0 Å². The topological polar surface area (TPSA) is 77.4 Å². The first-order valence-corrected chi connectivity index (χ1v) is 4.35. The second-order valence-corrected chi connectivity index (χ2v) is 2.76. The number of carbonyl (C=O) groups excluding carboxylic acids is 1. The fraction of sp³-hybridized carbons (Fsp3) is 0. The van der Waals surface area contributed by atoms with Gasteiger partial charge in [-0.3, -0.25) is 4.79 Å². The summed E-state index contributed by atoms with van der Waals surface area (Å²) in [5.41, 5.74) is 0. The van der Waals surface area contributed by atoms with Gasteiger partial charge in [-0.25, -0.2) is 4.21 Å². The molecular weight excluding hydrogens is 211 g/mol. The Morgan fingerprint density at radius 1 is 1.67 bits per heavy atom. The van der Waals surface area contributed by atoms with Crippen LogP contribution in [0.2, 0.25) is 0 Å². The van der Waals surface area contributed by atoms with E-state index in [1.54, 1.807) is 6.07 Å². The second-order valence-electron chi connectivity index (χ2n) is 1.35. The van der Waals surface area contributed by atoms with Crippen LogP contribution in [0.5, 0.6) is 0 Å². The minimum absolute atomic E-state index is 0. The Morgan fingerprint density at radius 3 is 2.33 bits per heavy atom. The predicted molar refractivity (Wildman–Crippen MR) is 41.3 cm³/mol.